The molecular weight excluding hydrogens is 331 g/mol. The molecule has 26 heavy (non-hydrogen) atoms. The second-order valence-corrected chi connectivity index (χ2v) is 7.29. The third-order valence-electron chi connectivity index (χ3n) is 4.64. The molecule has 0 bridgehead atoms. The summed E-state index contributed by atoms with van der Waals surface area (Å²) in [6, 6.07) is 5.72. The Bertz CT molecular complexity index is 808. The predicted molar refractivity (Wildman–Crippen MR) is 102 cm³/mol. The molecule has 0 aliphatic carbocycles. The minimum Gasteiger partial charge on any atom is -0.478 e. The number of carbonyl (C=O) groups is 1. The Hall–Kier alpha value is -2.27. The van der Waals surface area contributed by atoms with Crippen LogP contribution in [-0.2, 0) is 6.54 Å². The second-order valence-electron chi connectivity index (χ2n) is 7.29. The lowest BCUT2D eigenvalue weighted by molar-refractivity contribution is 0.0696. The van der Waals surface area contributed by atoms with Gasteiger partial charge in [0.1, 0.15) is 5.82 Å². The molecule has 1 aromatic carbocycles. The molecule has 0 fully saturated rings. The minimum absolute atomic E-state index is 0.252. The van der Waals surface area contributed by atoms with Gasteiger partial charge in [-0.05, 0) is 70.4 Å². The molecule has 1 N–H and O–H groups in total. The van der Waals surface area contributed by atoms with Gasteiger partial charge in [0.05, 0.1) is 11.8 Å². The Kier molecular flexibility index (Phi) is 6.13. The molecule has 0 unspecified atom stereocenters. The Morgan fingerprint density at radius 3 is 2.27 bits per heavy atom. The van der Waals surface area contributed by atoms with Crippen LogP contribution in [0.15, 0.2) is 24.4 Å². The van der Waals surface area contributed by atoms with Crippen LogP contribution in [0.25, 0.3) is 11.1 Å². The quantitative estimate of drug-likeness (QED) is 0.804. The average Bonchev–Trinajstić information content (AvgIpc) is 2.54. The van der Waals surface area contributed by atoms with Crippen molar-refractivity contribution in [3.05, 3.63) is 52.6 Å². The Balaban J connectivity index is 2.68. The Morgan fingerprint density at radius 2 is 1.73 bits per heavy atom. The SMILES string of the molecule is Cc1cc(-c2cc(C)c(C(=O)O)cc2CN(C(C)C)C(C)C)c(F)cn1. The van der Waals surface area contributed by atoms with Crippen molar-refractivity contribution in [1.29, 1.82) is 0 Å². The first-order valence-electron chi connectivity index (χ1n) is 8.86. The molecule has 5 heteroatoms. The normalized spacial score (nSPS) is 11.6. The molecule has 0 saturated carbocycles. The zero-order chi connectivity index (χ0) is 19.6. The van der Waals surface area contributed by atoms with Gasteiger partial charge in [-0.1, -0.05) is 6.07 Å². The fourth-order valence-electron chi connectivity index (χ4n) is 3.27. The maximum absolute atomic E-state index is 14.5. The summed E-state index contributed by atoms with van der Waals surface area (Å²) in [5, 5.41) is 9.51. The van der Waals surface area contributed by atoms with E-state index in [2.05, 4.69) is 37.6 Å². The molecule has 1 aromatic heterocycles. The molecule has 2 rings (SSSR count). The summed E-state index contributed by atoms with van der Waals surface area (Å²) in [7, 11) is 0. The van der Waals surface area contributed by atoms with Gasteiger partial charge in [-0.3, -0.25) is 9.88 Å². The summed E-state index contributed by atoms with van der Waals surface area (Å²) in [5.74, 6) is -1.37. The first-order chi connectivity index (χ1) is 12.1. The average molecular weight is 358 g/mol. The lowest BCUT2D eigenvalue weighted by Crippen LogP contribution is -2.36. The summed E-state index contributed by atoms with van der Waals surface area (Å²) in [4.78, 5) is 17.9. The molecule has 0 radical (unpaired) electrons. The molecule has 0 atom stereocenters. The van der Waals surface area contributed by atoms with Gasteiger partial charge >= 0.3 is 5.97 Å². The van der Waals surface area contributed by atoms with Crippen LogP contribution in [0.3, 0.4) is 0 Å². The number of carboxylic acids is 1. The molecule has 0 aliphatic heterocycles. The standard InChI is InChI=1S/C21H27FN2O2/c1-12(2)24(13(3)4)11-16-9-17(21(25)26)14(5)7-18(16)19-8-15(6)23-10-20(19)22/h7-10,12-13H,11H2,1-6H3,(H,25,26). The number of halogens is 1. The van der Waals surface area contributed by atoms with E-state index >= 15 is 0 Å². The largest absolute Gasteiger partial charge is 0.478 e. The van der Waals surface area contributed by atoms with Crippen molar-refractivity contribution in [2.75, 3.05) is 0 Å². The van der Waals surface area contributed by atoms with Gasteiger partial charge in [-0.15, -0.1) is 0 Å². The van der Waals surface area contributed by atoms with Gasteiger partial charge in [0.15, 0.2) is 0 Å². The smallest absolute Gasteiger partial charge is 0.335 e. The highest BCUT2D eigenvalue weighted by Gasteiger charge is 2.20. The number of aromatic carboxylic acids is 1. The predicted octanol–water partition coefficient (Wildman–Crippen LogP) is 4.82. The van der Waals surface area contributed by atoms with Gasteiger partial charge in [0, 0.05) is 29.9 Å². The summed E-state index contributed by atoms with van der Waals surface area (Å²) < 4.78 is 14.5. The Labute approximate surface area is 154 Å². The van der Waals surface area contributed by atoms with Crippen molar-refractivity contribution < 1.29 is 14.3 Å². The maximum Gasteiger partial charge on any atom is 0.335 e. The lowest BCUT2D eigenvalue weighted by Gasteiger charge is -2.31. The minimum atomic E-state index is -0.970. The molecule has 0 spiro atoms. The van der Waals surface area contributed by atoms with Gasteiger partial charge in [0.2, 0.25) is 0 Å². The highest BCUT2D eigenvalue weighted by atomic mass is 19.1. The molecule has 0 aliphatic rings. The molecular formula is C21H27FN2O2. The van der Waals surface area contributed by atoms with Crippen molar-refractivity contribution in [1.82, 2.24) is 9.88 Å². The molecule has 0 saturated heterocycles. The fraction of sp³-hybridized carbons (Fsp3) is 0.429. The highest BCUT2D eigenvalue weighted by molar-refractivity contribution is 5.91. The lowest BCUT2D eigenvalue weighted by atomic mass is 9.93. The number of aromatic nitrogens is 1. The van der Waals surface area contributed by atoms with E-state index in [1.165, 1.54) is 6.20 Å². The van der Waals surface area contributed by atoms with Gasteiger partial charge < -0.3 is 5.11 Å². The Morgan fingerprint density at radius 1 is 1.12 bits per heavy atom. The number of carboxylic acid groups (broad SMARTS) is 1. The summed E-state index contributed by atoms with van der Waals surface area (Å²) in [5.41, 5.74) is 3.58. The van der Waals surface area contributed by atoms with E-state index in [0.717, 1.165) is 16.8 Å². The first-order valence-corrected chi connectivity index (χ1v) is 8.86. The van der Waals surface area contributed by atoms with Crippen molar-refractivity contribution in [3.63, 3.8) is 0 Å². The van der Waals surface area contributed by atoms with Crippen LogP contribution in [0, 0.1) is 19.7 Å². The number of aryl methyl sites for hydroxylation is 2. The van der Waals surface area contributed by atoms with Gasteiger partial charge in [0.25, 0.3) is 0 Å². The van der Waals surface area contributed by atoms with Crippen molar-refractivity contribution in [3.8, 4) is 11.1 Å². The number of hydrogen-bond acceptors (Lipinski definition) is 3. The summed E-state index contributed by atoms with van der Waals surface area (Å²) in [6.45, 7) is 12.5. The maximum atomic E-state index is 14.5. The van der Waals surface area contributed by atoms with Gasteiger partial charge in [-0.25, -0.2) is 9.18 Å². The molecule has 140 valence electrons. The number of benzene rings is 1. The second kappa shape index (κ2) is 7.96. The zero-order valence-corrected chi connectivity index (χ0v) is 16.3. The van der Waals surface area contributed by atoms with E-state index in [1.54, 1.807) is 25.1 Å². The number of rotatable bonds is 6. The van der Waals surface area contributed by atoms with Crippen LogP contribution in [0.4, 0.5) is 4.39 Å². The molecule has 4 nitrogen and oxygen atoms in total. The van der Waals surface area contributed by atoms with Crippen molar-refractivity contribution in [2.45, 2.75) is 60.2 Å². The topological polar surface area (TPSA) is 53.4 Å². The number of hydrogen-bond donors (Lipinski definition) is 1. The van der Waals surface area contributed by atoms with Crippen molar-refractivity contribution >= 4 is 5.97 Å². The van der Waals surface area contributed by atoms with Crippen LogP contribution in [0.1, 0.15) is 54.9 Å². The van der Waals surface area contributed by atoms with E-state index in [9.17, 15) is 14.3 Å². The number of nitrogens with zero attached hydrogens (tertiary/aromatic N) is 2. The number of pyridine rings is 1. The molecule has 2 aromatic rings. The van der Waals surface area contributed by atoms with Crippen LogP contribution in [0.2, 0.25) is 0 Å². The van der Waals surface area contributed by atoms with E-state index in [1.807, 2.05) is 6.92 Å². The third kappa shape index (κ3) is 4.28. The van der Waals surface area contributed by atoms with Crippen LogP contribution < -0.4 is 0 Å². The summed E-state index contributed by atoms with van der Waals surface area (Å²) >= 11 is 0. The fourth-order valence-corrected chi connectivity index (χ4v) is 3.27. The monoisotopic (exact) mass is 358 g/mol. The van der Waals surface area contributed by atoms with E-state index in [0.29, 0.717) is 17.7 Å². The van der Waals surface area contributed by atoms with E-state index in [-0.39, 0.29) is 17.6 Å². The van der Waals surface area contributed by atoms with Crippen molar-refractivity contribution in [2.24, 2.45) is 0 Å². The molecule has 1 heterocycles. The first kappa shape index (κ1) is 20.0. The van der Waals surface area contributed by atoms with Crippen LogP contribution in [0.5, 0.6) is 0 Å². The summed E-state index contributed by atoms with van der Waals surface area (Å²) in [6.07, 6.45) is 1.22. The highest BCUT2D eigenvalue weighted by Crippen LogP contribution is 2.31. The van der Waals surface area contributed by atoms with E-state index in [4.69, 9.17) is 0 Å². The van der Waals surface area contributed by atoms with E-state index < -0.39 is 11.8 Å². The van der Waals surface area contributed by atoms with Crippen LogP contribution >= 0.6 is 0 Å². The van der Waals surface area contributed by atoms with Gasteiger partial charge in [-0.2, -0.15) is 0 Å². The molecule has 0 amide bonds. The zero-order valence-electron chi connectivity index (χ0n) is 16.3. The van der Waals surface area contributed by atoms with Crippen LogP contribution in [-0.4, -0.2) is 33.0 Å². The third-order valence-corrected chi connectivity index (χ3v) is 4.64.